The van der Waals surface area contributed by atoms with E-state index in [1.165, 1.54) is 4.90 Å². The quantitative estimate of drug-likeness (QED) is 0.102. The molecule has 0 spiro atoms. The number of amides is 3. The second kappa shape index (κ2) is 19.7. The van der Waals surface area contributed by atoms with Crippen molar-refractivity contribution in [3.63, 3.8) is 0 Å². The summed E-state index contributed by atoms with van der Waals surface area (Å²) < 4.78 is 5.72. The highest BCUT2D eigenvalue weighted by molar-refractivity contribution is 5.96. The minimum atomic E-state index is -1.20. The van der Waals surface area contributed by atoms with Crippen molar-refractivity contribution in [3.05, 3.63) is 71.8 Å². The number of Topliss-reactive ketones (excluding diaryl/α,β-unsaturated/α-hetero) is 1. The van der Waals surface area contributed by atoms with Gasteiger partial charge < -0.3 is 42.0 Å². The van der Waals surface area contributed by atoms with Crippen molar-refractivity contribution in [2.75, 3.05) is 19.7 Å². The summed E-state index contributed by atoms with van der Waals surface area (Å²) in [5.41, 5.74) is 15.0. The Morgan fingerprint density at radius 1 is 0.946 bits per heavy atom. The van der Waals surface area contributed by atoms with Gasteiger partial charge in [0.05, 0.1) is 12.0 Å². The lowest BCUT2D eigenvalue weighted by molar-refractivity contribution is -0.251. The summed E-state index contributed by atoms with van der Waals surface area (Å²) in [5, 5.41) is 29.0. The average molecular weight is 771 g/mol. The predicted octanol–water partition coefficient (Wildman–Crippen LogP) is 2.11. The van der Waals surface area contributed by atoms with E-state index in [4.69, 9.17) is 16.2 Å². The van der Waals surface area contributed by atoms with Gasteiger partial charge in [0.15, 0.2) is 11.7 Å². The minimum absolute atomic E-state index is 0.00524. The molecule has 0 radical (unpaired) electrons. The molecule has 56 heavy (non-hydrogen) atoms. The number of guanidine groups is 1. The van der Waals surface area contributed by atoms with Gasteiger partial charge in [0, 0.05) is 32.0 Å². The number of ether oxygens (including phenoxy) is 1. The Morgan fingerprint density at radius 2 is 1.61 bits per heavy atom. The SMILES string of the molecule is CC=CC[C@@H]1NC(=O)C2CCCN2C(=O)[C@@H](N=C([O-])OCC2c3ccccc3-c3ccccc32)CCCC[C@@H](C(=O)O)CC(=O)[C@H](CCCN=C(N)N)NC1=O. The Kier molecular flexibility index (Phi) is 14.6. The van der Waals surface area contributed by atoms with E-state index in [0.717, 1.165) is 22.3 Å². The molecule has 5 rings (SSSR count). The molecule has 0 bridgehead atoms. The van der Waals surface area contributed by atoms with E-state index in [0.29, 0.717) is 32.1 Å². The van der Waals surface area contributed by atoms with Crippen molar-refractivity contribution >= 4 is 41.5 Å². The molecule has 2 heterocycles. The lowest BCUT2D eigenvalue weighted by Crippen LogP contribution is -2.56. The highest BCUT2D eigenvalue weighted by Crippen LogP contribution is 2.44. The minimum Gasteiger partial charge on any atom is -0.599 e. The van der Waals surface area contributed by atoms with Crippen LogP contribution in [0.4, 0.5) is 0 Å². The van der Waals surface area contributed by atoms with Gasteiger partial charge in [0.25, 0.3) is 0 Å². The number of carboxylic acid groups (broad SMARTS) is 1. The van der Waals surface area contributed by atoms with Crippen LogP contribution in [-0.4, -0.2) is 95.4 Å². The van der Waals surface area contributed by atoms with Gasteiger partial charge in [0.2, 0.25) is 17.7 Å². The third-order valence-corrected chi connectivity index (χ3v) is 10.7. The fraction of sp³-hybridized carbons (Fsp3) is 0.488. The molecule has 3 amide bonds. The van der Waals surface area contributed by atoms with Gasteiger partial charge in [-0.3, -0.25) is 34.0 Å². The summed E-state index contributed by atoms with van der Waals surface area (Å²) in [6.45, 7) is 2.20. The topological polar surface area (TPSA) is 242 Å². The number of hydrogen-bond donors (Lipinski definition) is 5. The highest BCUT2D eigenvalue weighted by atomic mass is 16.6. The largest absolute Gasteiger partial charge is 0.599 e. The normalized spacial score (nSPS) is 24.1. The molecule has 5 atom stereocenters. The number of nitrogens with one attached hydrogen (secondary N) is 2. The Labute approximate surface area is 326 Å². The van der Waals surface area contributed by atoms with E-state index < -0.39 is 65.6 Å². The van der Waals surface area contributed by atoms with Crippen molar-refractivity contribution in [1.82, 2.24) is 15.5 Å². The van der Waals surface area contributed by atoms with Crippen molar-refractivity contribution < 1.29 is 38.9 Å². The van der Waals surface area contributed by atoms with Crippen LogP contribution in [0.1, 0.15) is 88.2 Å². The smallest absolute Gasteiger partial charge is 0.306 e. The van der Waals surface area contributed by atoms with Crippen molar-refractivity contribution in [3.8, 4) is 11.1 Å². The number of ketones is 1. The predicted molar refractivity (Wildman–Crippen MR) is 208 cm³/mol. The summed E-state index contributed by atoms with van der Waals surface area (Å²) >= 11 is 0. The van der Waals surface area contributed by atoms with Crippen LogP contribution >= 0.6 is 0 Å². The lowest BCUT2D eigenvalue weighted by atomic mass is 9.91. The molecule has 2 aromatic rings. The van der Waals surface area contributed by atoms with Crippen LogP contribution in [-0.2, 0) is 28.7 Å². The number of aliphatic carboxylic acids is 1. The van der Waals surface area contributed by atoms with Crippen molar-refractivity contribution in [1.29, 1.82) is 0 Å². The summed E-state index contributed by atoms with van der Waals surface area (Å²) in [4.78, 5) is 77.2. The summed E-state index contributed by atoms with van der Waals surface area (Å²) in [7, 11) is 0. The first-order chi connectivity index (χ1) is 27.0. The number of carboxylic acids is 1. The monoisotopic (exact) mass is 770 g/mol. The Bertz CT molecular complexity index is 1800. The number of hydrogen-bond acceptors (Lipinski definition) is 9. The molecule has 0 saturated carbocycles. The van der Waals surface area contributed by atoms with Gasteiger partial charge >= 0.3 is 5.97 Å². The number of allylic oxidation sites excluding steroid dienone is 1. The second-order valence-corrected chi connectivity index (χ2v) is 14.5. The second-order valence-electron chi connectivity index (χ2n) is 14.5. The summed E-state index contributed by atoms with van der Waals surface area (Å²) in [6, 6.07) is 11.5. The van der Waals surface area contributed by atoms with E-state index >= 15 is 0 Å². The van der Waals surface area contributed by atoms with Crippen LogP contribution in [0.25, 0.3) is 11.1 Å². The number of fused-ring (bicyclic) bond motifs is 4. The molecular weight excluding hydrogens is 718 g/mol. The van der Waals surface area contributed by atoms with Crippen molar-refractivity contribution in [2.24, 2.45) is 27.4 Å². The average Bonchev–Trinajstić information content (AvgIpc) is 3.80. The fourth-order valence-electron chi connectivity index (χ4n) is 7.78. The molecule has 2 saturated heterocycles. The summed E-state index contributed by atoms with van der Waals surface area (Å²) in [6.07, 6.45) is 4.38. The molecule has 2 aliphatic heterocycles. The maximum absolute atomic E-state index is 14.2. The Hall–Kier alpha value is -5.73. The van der Waals surface area contributed by atoms with Gasteiger partial charge in [0.1, 0.15) is 24.2 Å². The van der Waals surface area contributed by atoms with E-state index in [-0.39, 0.29) is 63.7 Å². The zero-order valence-corrected chi connectivity index (χ0v) is 31.7. The third kappa shape index (κ3) is 10.5. The third-order valence-electron chi connectivity index (χ3n) is 10.7. The van der Waals surface area contributed by atoms with E-state index in [2.05, 4.69) is 20.6 Å². The zero-order valence-electron chi connectivity index (χ0n) is 31.7. The molecule has 2 fully saturated rings. The molecule has 15 heteroatoms. The standard InChI is InChI=1S/C41H53N7O8/c1-2-3-17-32-36(50)45-31(19-10-21-44-40(42)43)35(49)23-25(39(53)54)12-4-9-18-33(38(52)48-22-11-20-34(48)37(51)46-32)47-41(55)56-24-30-28-15-7-5-13-26(28)27-14-6-8-16-29(27)30/h2-3,5-8,13-16,25,30-34H,4,9-12,17-24H2,1H3,(H,45,50)(H,46,51)(H,47,55)(H,53,54)(H4,42,43,44)/p-1/t25-,31+,32+,33+,34?/m1/s1. The number of nitrogens with zero attached hydrogens (tertiary/aromatic N) is 3. The molecule has 0 aromatic heterocycles. The number of rotatable bonds is 10. The van der Waals surface area contributed by atoms with Crippen molar-refractivity contribution in [2.45, 2.75) is 101 Å². The maximum Gasteiger partial charge on any atom is 0.306 e. The van der Waals surface area contributed by atoms with Gasteiger partial charge in [-0.05, 0) is 74.1 Å². The molecule has 7 N–H and O–H groups in total. The van der Waals surface area contributed by atoms with Gasteiger partial charge in [-0.2, -0.15) is 0 Å². The van der Waals surface area contributed by atoms with Crippen LogP contribution in [0.5, 0.6) is 0 Å². The maximum atomic E-state index is 14.2. The van der Waals surface area contributed by atoms with E-state index in [1.807, 2.05) is 48.5 Å². The molecular formula is C41H52N7O8-. The summed E-state index contributed by atoms with van der Waals surface area (Å²) in [5.74, 6) is -4.76. The number of carbonyl (C=O) groups excluding carboxylic acids is 4. The molecule has 2 aromatic carbocycles. The molecule has 15 nitrogen and oxygen atoms in total. The number of nitrogens with two attached hydrogens (primary N) is 2. The van der Waals surface area contributed by atoms with Crippen LogP contribution in [0.2, 0.25) is 0 Å². The molecule has 3 aliphatic rings. The van der Waals surface area contributed by atoms with E-state index in [1.54, 1.807) is 19.1 Å². The van der Waals surface area contributed by atoms with Gasteiger partial charge in [-0.25, -0.2) is 0 Å². The zero-order chi connectivity index (χ0) is 40.2. The highest BCUT2D eigenvalue weighted by Gasteiger charge is 2.39. The first-order valence-corrected chi connectivity index (χ1v) is 19.4. The lowest BCUT2D eigenvalue weighted by Gasteiger charge is -2.29. The van der Waals surface area contributed by atoms with Crippen LogP contribution in [0.3, 0.4) is 0 Å². The number of carbonyl (C=O) groups is 5. The van der Waals surface area contributed by atoms with E-state index in [9.17, 15) is 34.2 Å². The number of benzene rings is 2. The van der Waals surface area contributed by atoms with Crippen LogP contribution in [0, 0.1) is 5.92 Å². The fourth-order valence-corrected chi connectivity index (χ4v) is 7.78. The van der Waals surface area contributed by atoms with Gasteiger partial charge in [-0.1, -0.05) is 73.5 Å². The first-order valence-electron chi connectivity index (χ1n) is 19.4. The van der Waals surface area contributed by atoms with Crippen LogP contribution < -0.4 is 27.2 Å². The molecule has 1 unspecified atom stereocenters. The first kappa shape index (κ1) is 41.4. The molecule has 300 valence electrons. The Morgan fingerprint density at radius 3 is 2.27 bits per heavy atom. The number of aliphatic imine (C=N–C) groups is 2. The van der Waals surface area contributed by atoms with Gasteiger partial charge in [-0.15, -0.1) is 0 Å². The Balaban J connectivity index is 1.39. The van der Waals surface area contributed by atoms with Crippen LogP contribution in [0.15, 0.2) is 70.7 Å². The molecule has 1 aliphatic carbocycles.